The molecule has 0 saturated heterocycles. The molecular weight excluding hydrogens is 270 g/mol. The molecule has 1 aromatic carbocycles. The Kier molecular flexibility index (Phi) is 6.92. The number of benzene rings is 1. The van der Waals surface area contributed by atoms with Crippen molar-refractivity contribution in [1.82, 2.24) is 5.32 Å². The number of carbonyl (C=O) groups excluding carboxylic acids is 2. The van der Waals surface area contributed by atoms with Crippen molar-refractivity contribution in [3.63, 3.8) is 0 Å². The molecule has 0 heterocycles. The Hall–Kier alpha value is -1.59. The zero-order valence-electron chi connectivity index (χ0n) is 10.6. The molecule has 0 unspecified atom stereocenters. The first-order valence-electron chi connectivity index (χ1n) is 5.83. The molecule has 0 aromatic heterocycles. The number of carbonyl (C=O) groups is 2. The Balaban J connectivity index is 2.19. The quantitative estimate of drug-likeness (QED) is 0.583. The first-order chi connectivity index (χ1) is 9.13. The molecule has 0 fully saturated rings. The first kappa shape index (κ1) is 15.5. The summed E-state index contributed by atoms with van der Waals surface area (Å²) in [5.74, 6) is 0.430. The second kappa shape index (κ2) is 8.50. The maximum atomic E-state index is 10.6. The summed E-state index contributed by atoms with van der Waals surface area (Å²) >= 11 is 5.93. The third-order valence-corrected chi connectivity index (χ3v) is 2.49. The molecule has 104 valence electrons. The van der Waals surface area contributed by atoms with Gasteiger partial charge in [-0.3, -0.25) is 9.59 Å². The lowest BCUT2D eigenvalue weighted by Crippen LogP contribution is -2.25. The average molecular weight is 286 g/mol. The van der Waals surface area contributed by atoms with E-state index in [1.165, 1.54) is 6.92 Å². The van der Waals surface area contributed by atoms with Crippen molar-refractivity contribution in [2.24, 2.45) is 0 Å². The molecule has 5 nitrogen and oxygen atoms in total. The fourth-order valence-electron chi connectivity index (χ4n) is 1.32. The molecule has 0 aliphatic carbocycles. The van der Waals surface area contributed by atoms with Gasteiger partial charge in [0.25, 0.3) is 0 Å². The monoisotopic (exact) mass is 285 g/mol. The van der Waals surface area contributed by atoms with Gasteiger partial charge in [0.05, 0.1) is 18.2 Å². The van der Waals surface area contributed by atoms with Crippen LogP contribution in [-0.2, 0) is 9.53 Å². The number of aldehydes is 1. The van der Waals surface area contributed by atoms with E-state index in [0.717, 1.165) is 6.29 Å². The zero-order valence-corrected chi connectivity index (χ0v) is 11.4. The molecule has 1 amide bonds. The maximum Gasteiger partial charge on any atom is 0.216 e. The van der Waals surface area contributed by atoms with Crippen LogP contribution in [0, 0.1) is 0 Å². The highest BCUT2D eigenvalue weighted by atomic mass is 35.5. The van der Waals surface area contributed by atoms with Crippen LogP contribution in [0.25, 0.3) is 0 Å². The minimum atomic E-state index is -0.0816. The van der Waals surface area contributed by atoms with Gasteiger partial charge < -0.3 is 14.8 Å². The summed E-state index contributed by atoms with van der Waals surface area (Å²) in [4.78, 5) is 21.1. The third kappa shape index (κ3) is 6.22. The molecule has 19 heavy (non-hydrogen) atoms. The van der Waals surface area contributed by atoms with E-state index in [1.54, 1.807) is 18.2 Å². The van der Waals surface area contributed by atoms with Gasteiger partial charge in [-0.05, 0) is 18.2 Å². The molecule has 0 aliphatic rings. The van der Waals surface area contributed by atoms with Crippen LogP contribution in [0.1, 0.15) is 17.3 Å². The van der Waals surface area contributed by atoms with Crippen molar-refractivity contribution in [1.29, 1.82) is 0 Å². The Morgan fingerprint density at radius 1 is 1.37 bits per heavy atom. The lowest BCUT2D eigenvalue weighted by atomic mass is 10.2. The van der Waals surface area contributed by atoms with E-state index in [0.29, 0.717) is 42.7 Å². The topological polar surface area (TPSA) is 64.6 Å². The van der Waals surface area contributed by atoms with Crippen LogP contribution in [-0.4, -0.2) is 38.6 Å². The summed E-state index contributed by atoms with van der Waals surface area (Å²) in [6.07, 6.45) is 0.723. The van der Waals surface area contributed by atoms with E-state index in [1.807, 2.05) is 0 Å². The summed E-state index contributed by atoms with van der Waals surface area (Å²) < 4.78 is 10.7. The average Bonchev–Trinajstić information content (AvgIpc) is 2.38. The number of ether oxygens (including phenoxy) is 2. The molecular formula is C13H16ClNO4. The van der Waals surface area contributed by atoms with E-state index in [-0.39, 0.29) is 5.91 Å². The molecule has 0 saturated carbocycles. The van der Waals surface area contributed by atoms with Gasteiger partial charge in [-0.15, -0.1) is 0 Å². The number of nitrogens with one attached hydrogen (secondary N) is 1. The Labute approximate surface area is 116 Å². The minimum absolute atomic E-state index is 0.0816. The smallest absolute Gasteiger partial charge is 0.216 e. The van der Waals surface area contributed by atoms with E-state index < -0.39 is 0 Å². The minimum Gasteiger partial charge on any atom is -0.490 e. The van der Waals surface area contributed by atoms with Gasteiger partial charge in [-0.25, -0.2) is 0 Å². The predicted octanol–water partition coefficient (Wildman–Crippen LogP) is 1.68. The molecule has 0 atom stereocenters. The van der Waals surface area contributed by atoms with Crippen LogP contribution in [0.2, 0.25) is 5.02 Å². The van der Waals surface area contributed by atoms with Gasteiger partial charge in [0, 0.05) is 19.0 Å². The molecule has 1 N–H and O–H groups in total. The number of hydrogen-bond acceptors (Lipinski definition) is 4. The lowest BCUT2D eigenvalue weighted by molar-refractivity contribution is -0.119. The summed E-state index contributed by atoms with van der Waals surface area (Å²) in [7, 11) is 0. The van der Waals surface area contributed by atoms with Crippen LogP contribution >= 0.6 is 11.6 Å². The van der Waals surface area contributed by atoms with Crippen LogP contribution < -0.4 is 10.1 Å². The van der Waals surface area contributed by atoms with Crippen molar-refractivity contribution in [2.75, 3.05) is 26.4 Å². The van der Waals surface area contributed by atoms with Gasteiger partial charge in [0.15, 0.2) is 0 Å². The SMILES string of the molecule is CC(=O)NCCOCCOc1ccc(C=O)cc1Cl. The van der Waals surface area contributed by atoms with E-state index in [4.69, 9.17) is 21.1 Å². The lowest BCUT2D eigenvalue weighted by Gasteiger charge is -2.09. The van der Waals surface area contributed by atoms with Crippen molar-refractivity contribution in [3.8, 4) is 5.75 Å². The van der Waals surface area contributed by atoms with E-state index in [9.17, 15) is 9.59 Å². The fraction of sp³-hybridized carbons (Fsp3) is 0.385. The molecule has 0 radical (unpaired) electrons. The predicted molar refractivity (Wildman–Crippen MR) is 71.8 cm³/mol. The molecule has 6 heteroatoms. The van der Waals surface area contributed by atoms with Crippen molar-refractivity contribution >= 4 is 23.8 Å². The van der Waals surface area contributed by atoms with Gasteiger partial charge in [0.2, 0.25) is 5.91 Å². The largest absolute Gasteiger partial charge is 0.490 e. The van der Waals surface area contributed by atoms with Gasteiger partial charge in [-0.2, -0.15) is 0 Å². The Morgan fingerprint density at radius 3 is 2.79 bits per heavy atom. The second-order valence-corrected chi connectivity index (χ2v) is 4.16. The highest BCUT2D eigenvalue weighted by Gasteiger charge is 2.02. The number of halogens is 1. The third-order valence-electron chi connectivity index (χ3n) is 2.20. The van der Waals surface area contributed by atoms with Crippen LogP contribution in [0.15, 0.2) is 18.2 Å². The number of amides is 1. The van der Waals surface area contributed by atoms with E-state index >= 15 is 0 Å². The van der Waals surface area contributed by atoms with Gasteiger partial charge >= 0.3 is 0 Å². The standard InChI is InChI=1S/C13H16ClNO4/c1-10(17)15-4-5-18-6-7-19-13-3-2-11(9-16)8-12(13)14/h2-3,8-9H,4-7H2,1H3,(H,15,17). The Bertz CT molecular complexity index is 437. The fourth-order valence-corrected chi connectivity index (χ4v) is 1.56. The molecule has 0 aliphatic heterocycles. The molecule has 0 bridgehead atoms. The van der Waals surface area contributed by atoms with Crippen molar-refractivity contribution in [3.05, 3.63) is 28.8 Å². The molecule has 0 spiro atoms. The normalized spacial score (nSPS) is 10.0. The van der Waals surface area contributed by atoms with Gasteiger partial charge in [0.1, 0.15) is 18.6 Å². The first-order valence-corrected chi connectivity index (χ1v) is 6.21. The van der Waals surface area contributed by atoms with Gasteiger partial charge in [-0.1, -0.05) is 11.6 Å². The second-order valence-electron chi connectivity index (χ2n) is 3.75. The van der Waals surface area contributed by atoms with Crippen LogP contribution in [0.5, 0.6) is 5.75 Å². The van der Waals surface area contributed by atoms with Crippen LogP contribution in [0.4, 0.5) is 0 Å². The van der Waals surface area contributed by atoms with E-state index in [2.05, 4.69) is 5.32 Å². The molecule has 1 rings (SSSR count). The molecule has 1 aromatic rings. The summed E-state index contributed by atoms with van der Waals surface area (Å²) in [5, 5.41) is 3.01. The van der Waals surface area contributed by atoms with Crippen molar-refractivity contribution in [2.45, 2.75) is 6.92 Å². The van der Waals surface area contributed by atoms with Crippen molar-refractivity contribution < 1.29 is 19.1 Å². The highest BCUT2D eigenvalue weighted by Crippen LogP contribution is 2.24. The highest BCUT2D eigenvalue weighted by molar-refractivity contribution is 6.32. The number of rotatable bonds is 8. The number of hydrogen-bond donors (Lipinski definition) is 1. The maximum absolute atomic E-state index is 10.6. The summed E-state index contributed by atoms with van der Waals surface area (Å²) in [6, 6.07) is 4.82. The van der Waals surface area contributed by atoms with Crippen LogP contribution in [0.3, 0.4) is 0 Å². The summed E-state index contributed by atoms with van der Waals surface area (Å²) in [6.45, 7) is 3.10. The summed E-state index contributed by atoms with van der Waals surface area (Å²) in [5.41, 5.74) is 0.504. The Morgan fingerprint density at radius 2 is 2.16 bits per heavy atom. The zero-order chi connectivity index (χ0) is 14.1.